The summed E-state index contributed by atoms with van der Waals surface area (Å²) in [5.74, 6) is -1.00. The van der Waals surface area contributed by atoms with Crippen LogP contribution in [0.5, 0.6) is 0 Å². The van der Waals surface area contributed by atoms with Crippen LogP contribution in [-0.4, -0.2) is 12.5 Å². The molecule has 2 atom stereocenters. The van der Waals surface area contributed by atoms with Crippen LogP contribution in [0.2, 0.25) is 0 Å². The fourth-order valence-electron chi connectivity index (χ4n) is 2.49. The average molecular weight is 298 g/mol. The zero-order valence-corrected chi connectivity index (χ0v) is 12.8. The van der Waals surface area contributed by atoms with Crippen molar-refractivity contribution in [2.24, 2.45) is 17.6 Å². The number of carbonyl (C=O) groups is 1. The molecule has 0 radical (unpaired) electrons. The third-order valence-corrected chi connectivity index (χ3v) is 3.42. The third kappa shape index (κ3) is 5.42. The SMILES string of the molecule is CC(C)C[C@H](CN)CC(=O)NC(C)c1c(F)cccc1F. The Hall–Kier alpha value is -1.49. The average Bonchev–Trinajstić information content (AvgIpc) is 2.36. The molecule has 0 aliphatic carbocycles. The molecule has 1 aromatic rings. The Morgan fingerprint density at radius 2 is 1.81 bits per heavy atom. The van der Waals surface area contributed by atoms with Gasteiger partial charge in [0.2, 0.25) is 5.91 Å². The second-order valence-corrected chi connectivity index (χ2v) is 5.86. The van der Waals surface area contributed by atoms with Gasteiger partial charge in [-0.25, -0.2) is 8.78 Å². The molecular formula is C16H24F2N2O. The van der Waals surface area contributed by atoms with Crippen LogP contribution >= 0.6 is 0 Å². The van der Waals surface area contributed by atoms with Gasteiger partial charge in [-0.3, -0.25) is 4.79 Å². The molecule has 0 saturated carbocycles. The predicted octanol–water partition coefficient (Wildman–Crippen LogP) is 3.15. The van der Waals surface area contributed by atoms with Gasteiger partial charge in [-0.15, -0.1) is 0 Å². The number of halogens is 2. The number of carbonyl (C=O) groups excluding carboxylic acids is 1. The maximum absolute atomic E-state index is 13.6. The lowest BCUT2D eigenvalue weighted by atomic mass is 9.94. The maximum Gasteiger partial charge on any atom is 0.220 e. The standard InChI is InChI=1S/C16H24F2N2O/c1-10(2)7-12(9-19)8-15(21)20-11(3)16-13(17)5-4-6-14(16)18/h4-6,10-12H,7-9,19H2,1-3H3,(H,20,21)/t11?,12-/m0/s1. The zero-order valence-electron chi connectivity index (χ0n) is 12.8. The highest BCUT2D eigenvalue weighted by molar-refractivity contribution is 5.76. The fourth-order valence-corrected chi connectivity index (χ4v) is 2.49. The van der Waals surface area contributed by atoms with E-state index in [1.807, 2.05) is 0 Å². The lowest BCUT2D eigenvalue weighted by Gasteiger charge is -2.20. The zero-order chi connectivity index (χ0) is 16.0. The van der Waals surface area contributed by atoms with Crippen LogP contribution in [0.1, 0.15) is 45.2 Å². The quantitative estimate of drug-likeness (QED) is 0.812. The van der Waals surface area contributed by atoms with Crippen LogP contribution < -0.4 is 11.1 Å². The molecular weight excluding hydrogens is 274 g/mol. The van der Waals surface area contributed by atoms with E-state index in [2.05, 4.69) is 19.2 Å². The Labute approximate surface area is 124 Å². The summed E-state index contributed by atoms with van der Waals surface area (Å²) in [6.45, 7) is 6.13. The van der Waals surface area contributed by atoms with Crippen molar-refractivity contribution in [2.45, 2.75) is 39.7 Å². The second kappa shape index (κ2) is 8.08. The Balaban J connectivity index is 2.65. The maximum atomic E-state index is 13.6. The van der Waals surface area contributed by atoms with Gasteiger partial charge in [0, 0.05) is 12.0 Å². The highest BCUT2D eigenvalue weighted by Crippen LogP contribution is 2.21. The highest BCUT2D eigenvalue weighted by Gasteiger charge is 2.20. The normalized spacial score (nSPS) is 14.0. The van der Waals surface area contributed by atoms with Gasteiger partial charge in [0.1, 0.15) is 11.6 Å². The Morgan fingerprint density at radius 3 is 2.29 bits per heavy atom. The van der Waals surface area contributed by atoms with Crippen LogP contribution in [0.3, 0.4) is 0 Å². The lowest BCUT2D eigenvalue weighted by molar-refractivity contribution is -0.122. The van der Waals surface area contributed by atoms with Crippen molar-refractivity contribution in [3.63, 3.8) is 0 Å². The summed E-state index contributed by atoms with van der Waals surface area (Å²) in [7, 11) is 0. The summed E-state index contributed by atoms with van der Waals surface area (Å²) in [4.78, 5) is 12.0. The predicted molar refractivity (Wildman–Crippen MR) is 79.5 cm³/mol. The minimum atomic E-state index is -0.712. The summed E-state index contributed by atoms with van der Waals surface area (Å²) in [5.41, 5.74) is 5.55. The van der Waals surface area contributed by atoms with E-state index in [0.717, 1.165) is 6.42 Å². The molecule has 0 aliphatic heterocycles. The fraction of sp³-hybridized carbons (Fsp3) is 0.562. The molecule has 0 bridgehead atoms. The van der Waals surface area contributed by atoms with Crippen LogP contribution in [0.25, 0.3) is 0 Å². The molecule has 0 fully saturated rings. The highest BCUT2D eigenvalue weighted by atomic mass is 19.1. The van der Waals surface area contributed by atoms with E-state index in [1.165, 1.54) is 18.2 Å². The van der Waals surface area contributed by atoms with Crippen molar-refractivity contribution in [2.75, 3.05) is 6.54 Å². The molecule has 0 spiro atoms. The van der Waals surface area contributed by atoms with Crippen molar-refractivity contribution in [3.05, 3.63) is 35.4 Å². The molecule has 21 heavy (non-hydrogen) atoms. The number of benzene rings is 1. The van der Waals surface area contributed by atoms with Crippen LogP contribution in [-0.2, 0) is 4.79 Å². The number of nitrogens with two attached hydrogens (primary N) is 1. The number of rotatable bonds is 7. The Kier molecular flexibility index (Phi) is 6.75. The van der Waals surface area contributed by atoms with Gasteiger partial charge in [-0.05, 0) is 43.9 Å². The van der Waals surface area contributed by atoms with E-state index in [9.17, 15) is 13.6 Å². The molecule has 0 aromatic heterocycles. The largest absolute Gasteiger partial charge is 0.349 e. The number of nitrogens with one attached hydrogen (secondary N) is 1. The Morgan fingerprint density at radius 1 is 1.24 bits per heavy atom. The Bertz CT molecular complexity index is 457. The molecule has 3 nitrogen and oxygen atoms in total. The first kappa shape index (κ1) is 17.6. The minimum Gasteiger partial charge on any atom is -0.349 e. The molecule has 1 unspecified atom stereocenters. The number of amides is 1. The van der Waals surface area contributed by atoms with E-state index in [0.29, 0.717) is 12.5 Å². The van der Waals surface area contributed by atoms with Gasteiger partial charge in [0.05, 0.1) is 6.04 Å². The molecule has 1 aromatic carbocycles. The molecule has 3 N–H and O–H groups in total. The second-order valence-electron chi connectivity index (χ2n) is 5.86. The summed E-state index contributed by atoms with van der Waals surface area (Å²) in [6.07, 6.45) is 1.13. The molecule has 1 rings (SSSR count). The molecule has 0 aliphatic rings. The van der Waals surface area contributed by atoms with Crippen LogP contribution in [0, 0.1) is 23.5 Å². The first-order valence-corrected chi connectivity index (χ1v) is 7.28. The van der Waals surface area contributed by atoms with E-state index in [4.69, 9.17) is 5.73 Å². The van der Waals surface area contributed by atoms with Crippen molar-refractivity contribution >= 4 is 5.91 Å². The van der Waals surface area contributed by atoms with E-state index >= 15 is 0 Å². The van der Waals surface area contributed by atoms with Crippen molar-refractivity contribution in [1.82, 2.24) is 5.32 Å². The monoisotopic (exact) mass is 298 g/mol. The van der Waals surface area contributed by atoms with Gasteiger partial charge in [-0.2, -0.15) is 0 Å². The van der Waals surface area contributed by atoms with E-state index in [-0.39, 0.29) is 23.8 Å². The summed E-state index contributed by atoms with van der Waals surface area (Å²) in [5, 5.41) is 2.64. The third-order valence-electron chi connectivity index (χ3n) is 3.42. The smallest absolute Gasteiger partial charge is 0.220 e. The summed E-state index contributed by atoms with van der Waals surface area (Å²) < 4.78 is 27.3. The first-order valence-electron chi connectivity index (χ1n) is 7.28. The van der Waals surface area contributed by atoms with Crippen molar-refractivity contribution < 1.29 is 13.6 Å². The summed E-state index contributed by atoms with van der Waals surface area (Å²) >= 11 is 0. The van der Waals surface area contributed by atoms with Gasteiger partial charge < -0.3 is 11.1 Å². The van der Waals surface area contributed by atoms with Gasteiger partial charge in [-0.1, -0.05) is 19.9 Å². The van der Waals surface area contributed by atoms with Gasteiger partial charge >= 0.3 is 0 Å². The van der Waals surface area contributed by atoms with Crippen LogP contribution in [0.4, 0.5) is 8.78 Å². The summed E-state index contributed by atoms with van der Waals surface area (Å²) in [6, 6.07) is 2.96. The molecule has 118 valence electrons. The van der Waals surface area contributed by atoms with Crippen molar-refractivity contribution in [3.8, 4) is 0 Å². The van der Waals surface area contributed by atoms with Gasteiger partial charge in [0.25, 0.3) is 0 Å². The number of hydrogen-bond donors (Lipinski definition) is 2. The first-order chi connectivity index (χ1) is 9.85. The van der Waals surface area contributed by atoms with Crippen LogP contribution in [0.15, 0.2) is 18.2 Å². The number of hydrogen-bond acceptors (Lipinski definition) is 2. The molecule has 0 saturated heterocycles. The van der Waals surface area contributed by atoms with E-state index < -0.39 is 17.7 Å². The molecule has 1 amide bonds. The van der Waals surface area contributed by atoms with E-state index in [1.54, 1.807) is 6.92 Å². The molecule has 5 heteroatoms. The van der Waals surface area contributed by atoms with Gasteiger partial charge in [0.15, 0.2) is 0 Å². The minimum absolute atomic E-state index is 0.0858. The van der Waals surface area contributed by atoms with Crippen molar-refractivity contribution in [1.29, 1.82) is 0 Å². The topological polar surface area (TPSA) is 55.1 Å². The lowest BCUT2D eigenvalue weighted by Crippen LogP contribution is -2.31. The molecule has 0 heterocycles.